The zero-order valence-electron chi connectivity index (χ0n) is 6.76. The molecule has 1 nitrogen and oxygen atoms in total. The molecular formula is C9H12ClN. The Kier molecular flexibility index (Phi) is 2.53. The molecule has 1 atom stereocenters. The molecule has 0 aromatic heterocycles. The smallest absolute Gasteiger partial charge is 0.0456 e. The van der Waals surface area contributed by atoms with Crippen molar-refractivity contribution in [2.24, 2.45) is 5.73 Å². The summed E-state index contributed by atoms with van der Waals surface area (Å²) in [7, 11) is 0. The number of aryl methyl sites for hydroxylation is 1. The number of hydrogen-bond donors (Lipinski definition) is 1. The highest BCUT2D eigenvalue weighted by Crippen LogP contribution is 2.24. The number of hydrogen-bond acceptors (Lipinski definition) is 1. The van der Waals surface area contributed by atoms with Gasteiger partial charge >= 0.3 is 0 Å². The van der Waals surface area contributed by atoms with Crippen LogP contribution in [0.3, 0.4) is 0 Å². The van der Waals surface area contributed by atoms with E-state index in [0.717, 1.165) is 16.1 Å². The van der Waals surface area contributed by atoms with Gasteiger partial charge in [0.05, 0.1) is 0 Å². The largest absolute Gasteiger partial charge is 0.324 e. The quantitative estimate of drug-likeness (QED) is 0.688. The van der Waals surface area contributed by atoms with Crippen molar-refractivity contribution >= 4 is 11.6 Å². The molecule has 1 aromatic rings. The van der Waals surface area contributed by atoms with E-state index in [1.807, 2.05) is 32.0 Å². The van der Waals surface area contributed by atoms with E-state index in [4.69, 9.17) is 17.3 Å². The third-order valence-corrected chi connectivity index (χ3v) is 2.06. The molecule has 0 bridgehead atoms. The van der Waals surface area contributed by atoms with Crippen molar-refractivity contribution in [2.75, 3.05) is 0 Å². The van der Waals surface area contributed by atoms with Crippen LogP contribution in [0, 0.1) is 6.92 Å². The highest BCUT2D eigenvalue weighted by molar-refractivity contribution is 6.31. The normalized spacial score (nSPS) is 13.1. The molecule has 60 valence electrons. The number of halogens is 1. The Balaban J connectivity index is 3.21. The van der Waals surface area contributed by atoms with Crippen LogP contribution in [0.4, 0.5) is 0 Å². The van der Waals surface area contributed by atoms with Gasteiger partial charge in [0.2, 0.25) is 0 Å². The minimum atomic E-state index is 0.0173. The second-order valence-electron chi connectivity index (χ2n) is 2.76. The molecule has 0 aliphatic rings. The van der Waals surface area contributed by atoms with Crippen LogP contribution < -0.4 is 5.73 Å². The maximum Gasteiger partial charge on any atom is 0.0456 e. The fraction of sp³-hybridized carbons (Fsp3) is 0.333. The summed E-state index contributed by atoms with van der Waals surface area (Å²) in [5.41, 5.74) is 7.94. The number of benzene rings is 1. The van der Waals surface area contributed by atoms with Crippen molar-refractivity contribution in [3.05, 3.63) is 34.3 Å². The second-order valence-corrected chi connectivity index (χ2v) is 3.17. The van der Waals surface area contributed by atoms with Gasteiger partial charge in [-0.05, 0) is 31.0 Å². The first-order chi connectivity index (χ1) is 5.13. The van der Waals surface area contributed by atoms with E-state index in [1.54, 1.807) is 0 Å². The Morgan fingerprint density at radius 3 is 2.45 bits per heavy atom. The zero-order valence-corrected chi connectivity index (χ0v) is 7.52. The summed E-state index contributed by atoms with van der Waals surface area (Å²) in [5.74, 6) is 0. The molecule has 2 N–H and O–H groups in total. The molecule has 0 saturated heterocycles. The van der Waals surface area contributed by atoms with Crippen LogP contribution in [-0.4, -0.2) is 0 Å². The molecule has 2 heteroatoms. The fourth-order valence-corrected chi connectivity index (χ4v) is 1.62. The predicted molar refractivity (Wildman–Crippen MR) is 48.8 cm³/mol. The van der Waals surface area contributed by atoms with Crippen molar-refractivity contribution in [1.29, 1.82) is 0 Å². The first-order valence-corrected chi connectivity index (χ1v) is 4.01. The van der Waals surface area contributed by atoms with Crippen molar-refractivity contribution < 1.29 is 0 Å². The van der Waals surface area contributed by atoms with Crippen LogP contribution in [-0.2, 0) is 0 Å². The monoisotopic (exact) mass is 169 g/mol. The van der Waals surface area contributed by atoms with Gasteiger partial charge in [-0.25, -0.2) is 0 Å². The summed E-state index contributed by atoms with van der Waals surface area (Å²) in [4.78, 5) is 0. The van der Waals surface area contributed by atoms with E-state index < -0.39 is 0 Å². The third kappa shape index (κ3) is 1.73. The van der Waals surface area contributed by atoms with Crippen molar-refractivity contribution in [1.82, 2.24) is 0 Å². The molecular weight excluding hydrogens is 158 g/mol. The average molecular weight is 170 g/mol. The van der Waals surface area contributed by atoms with Crippen LogP contribution in [0.25, 0.3) is 0 Å². The topological polar surface area (TPSA) is 26.0 Å². The Bertz CT molecular complexity index is 235. The van der Waals surface area contributed by atoms with Crippen LogP contribution in [0.2, 0.25) is 5.02 Å². The summed E-state index contributed by atoms with van der Waals surface area (Å²) in [6.45, 7) is 3.96. The van der Waals surface area contributed by atoms with E-state index in [2.05, 4.69) is 0 Å². The molecule has 0 unspecified atom stereocenters. The van der Waals surface area contributed by atoms with Gasteiger partial charge in [0.25, 0.3) is 0 Å². The van der Waals surface area contributed by atoms with Gasteiger partial charge in [-0.15, -0.1) is 0 Å². The zero-order chi connectivity index (χ0) is 8.43. The van der Waals surface area contributed by atoms with Gasteiger partial charge in [0.15, 0.2) is 0 Å². The highest BCUT2D eigenvalue weighted by atomic mass is 35.5. The summed E-state index contributed by atoms with van der Waals surface area (Å²) < 4.78 is 0. The van der Waals surface area contributed by atoms with E-state index in [1.165, 1.54) is 0 Å². The third-order valence-electron chi connectivity index (χ3n) is 1.73. The Morgan fingerprint density at radius 1 is 1.45 bits per heavy atom. The molecule has 0 aliphatic heterocycles. The Morgan fingerprint density at radius 2 is 2.09 bits per heavy atom. The van der Waals surface area contributed by atoms with Crippen molar-refractivity contribution in [3.8, 4) is 0 Å². The van der Waals surface area contributed by atoms with Crippen LogP contribution in [0.1, 0.15) is 24.1 Å². The van der Waals surface area contributed by atoms with Gasteiger partial charge in [0, 0.05) is 11.1 Å². The average Bonchev–Trinajstić information content (AvgIpc) is 1.85. The lowest BCUT2D eigenvalue weighted by atomic mass is 10.0. The highest BCUT2D eigenvalue weighted by Gasteiger charge is 2.06. The van der Waals surface area contributed by atoms with E-state index in [-0.39, 0.29) is 6.04 Å². The van der Waals surface area contributed by atoms with E-state index in [9.17, 15) is 0 Å². The summed E-state index contributed by atoms with van der Waals surface area (Å²) >= 11 is 5.94. The van der Waals surface area contributed by atoms with E-state index >= 15 is 0 Å². The SMILES string of the molecule is Cc1cccc(Cl)c1[C@@H](C)N. The Labute approximate surface area is 72.2 Å². The maximum absolute atomic E-state index is 5.94. The lowest BCUT2D eigenvalue weighted by Crippen LogP contribution is -2.07. The van der Waals surface area contributed by atoms with Gasteiger partial charge in [0.1, 0.15) is 0 Å². The first kappa shape index (κ1) is 8.57. The molecule has 11 heavy (non-hydrogen) atoms. The standard InChI is InChI=1S/C9H12ClN/c1-6-4-3-5-8(10)9(6)7(2)11/h3-5,7H,11H2,1-2H3/t7-/m1/s1. The molecule has 0 spiro atoms. The minimum absolute atomic E-state index is 0.0173. The number of nitrogens with two attached hydrogens (primary N) is 1. The van der Waals surface area contributed by atoms with Crippen molar-refractivity contribution in [3.63, 3.8) is 0 Å². The van der Waals surface area contributed by atoms with Crippen LogP contribution in [0.15, 0.2) is 18.2 Å². The molecule has 0 fully saturated rings. The van der Waals surface area contributed by atoms with Gasteiger partial charge < -0.3 is 5.73 Å². The molecule has 0 saturated carbocycles. The molecule has 1 aromatic carbocycles. The first-order valence-electron chi connectivity index (χ1n) is 3.63. The molecule has 0 radical (unpaired) electrons. The Hall–Kier alpha value is -0.530. The van der Waals surface area contributed by atoms with E-state index in [0.29, 0.717) is 0 Å². The fourth-order valence-electron chi connectivity index (χ4n) is 1.22. The van der Waals surface area contributed by atoms with Gasteiger partial charge in [-0.3, -0.25) is 0 Å². The molecule has 1 rings (SSSR count). The van der Waals surface area contributed by atoms with Gasteiger partial charge in [-0.1, -0.05) is 23.7 Å². The number of rotatable bonds is 1. The second kappa shape index (κ2) is 3.24. The van der Waals surface area contributed by atoms with Crippen LogP contribution in [0.5, 0.6) is 0 Å². The molecule has 0 aliphatic carbocycles. The van der Waals surface area contributed by atoms with Crippen LogP contribution >= 0.6 is 11.6 Å². The lowest BCUT2D eigenvalue weighted by Gasteiger charge is -2.10. The summed E-state index contributed by atoms with van der Waals surface area (Å²) in [6.07, 6.45) is 0. The minimum Gasteiger partial charge on any atom is -0.324 e. The molecule has 0 heterocycles. The van der Waals surface area contributed by atoms with Crippen molar-refractivity contribution in [2.45, 2.75) is 19.9 Å². The predicted octanol–water partition coefficient (Wildman–Crippen LogP) is 2.67. The molecule has 0 amide bonds. The lowest BCUT2D eigenvalue weighted by molar-refractivity contribution is 0.810. The summed E-state index contributed by atoms with van der Waals surface area (Å²) in [6, 6.07) is 5.84. The maximum atomic E-state index is 5.94. The summed E-state index contributed by atoms with van der Waals surface area (Å²) in [5, 5.41) is 0.764. The van der Waals surface area contributed by atoms with Gasteiger partial charge in [-0.2, -0.15) is 0 Å².